The van der Waals surface area contributed by atoms with E-state index in [-0.39, 0.29) is 5.91 Å². The van der Waals surface area contributed by atoms with Gasteiger partial charge in [0, 0.05) is 29.9 Å². The van der Waals surface area contributed by atoms with Crippen molar-refractivity contribution in [3.8, 4) is 0 Å². The number of rotatable bonds is 14. The summed E-state index contributed by atoms with van der Waals surface area (Å²) in [6.07, 6.45) is 14.0. The zero-order chi connectivity index (χ0) is 40.2. The second-order valence-corrected chi connectivity index (χ2v) is 18.0. The molecule has 5 aromatic rings. The van der Waals surface area contributed by atoms with Gasteiger partial charge in [0.05, 0.1) is 4.53 Å². The van der Waals surface area contributed by atoms with E-state index in [0.717, 1.165) is 67.1 Å². The minimum atomic E-state index is -1.14. The Bertz CT molecular complexity index is 2500. The number of carboxylic acid groups (broad SMARTS) is 1. The van der Waals surface area contributed by atoms with E-state index in [0.29, 0.717) is 36.9 Å². The molecule has 1 aromatic heterocycles. The topological polar surface area (TPSA) is 82.9 Å². The molecular formula is C48H47N3O4S3. The number of aromatic nitrogens is 1. The number of hydrogen-bond acceptors (Lipinski definition) is 7. The van der Waals surface area contributed by atoms with Gasteiger partial charge in [0.2, 0.25) is 0 Å². The van der Waals surface area contributed by atoms with E-state index >= 15 is 0 Å². The van der Waals surface area contributed by atoms with Crippen molar-refractivity contribution in [2.75, 3.05) is 11.4 Å². The monoisotopic (exact) mass is 825 g/mol. The molecule has 1 N–H and O–H groups in total. The molecule has 0 spiro atoms. The number of carboxylic acids is 1. The summed E-state index contributed by atoms with van der Waals surface area (Å²) in [5.41, 5.74) is 8.72. The number of amides is 1. The fourth-order valence-electron chi connectivity index (χ4n) is 8.66. The summed E-state index contributed by atoms with van der Waals surface area (Å²) >= 11 is 7.94. The third-order valence-electron chi connectivity index (χ3n) is 11.5. The number of fused-ring (bicyclic) bond motifs is 3. The summed E-state index contributed by atoms with van der Waals surface area (Å²) in [6, 6.07) is 36.6. The number of unbranched alkanes of at least 4 members (excludes halogenated alkanes) is 5. The van der Waals surface area contributed by atoms with Crippen molar-refractivity contribution in [1.29, 1.82) is 0 Å². The normalized spacial score (nSPS) is 18.5. The Morgan fingerprint density at radius 2 is 1.52 bits per heavy atom. The fraction of sp³-hybridized carbons (Fsp3) is 0.292. The molecule has 7 nitrogen and oxygen atoms in total. The Labute approximate surface area is 353 Å². The van der Waals surface area contributed by atoms with Crippen LogP contribution in [0.1, 0.15) is 98.4 Å². The van der Waals surface area contributed by atoms with Crippen molar-refractivity contribution in [2.45, 2.75) is 83.2 Å². The van der Waals surface area contributed by atoms with E-state index in [4.69, 9.17) is 12.2 Å². The molecule has 0 unspecified atom stereocenters. The molecule has 296 valence electrons. The Morgan fingerprint density at radius 3 is 2.21 bits per heavy atom. The second kappa shape index (κ2) is 17.9. The van der Waals surface area contributed by atoms with Gasteiger partial charge in [0.25, 0.3) is 11.5 Å². The first-order valence-electron chi connectivity index (χ1n) is 20.4. The standard InChI is InChI=1S/C48H47N3O4S3/c1-2-3-4-5-6-13-27-49-46(55)44(58-48(49)56)47-50(31-43(52)53)45(54)42(57-47)30-33-23-26-41-39(29-33)37-19-14-20-40(37)51(41)36-24-21-32(22-25-36)28-38(34-15-9-7-10-16-34)35-17-11-8-12-18-35/h7-12,15-18,21-26,28-30,37,40H,2-6,13-14,19-20,27,31H2,1H3,(H,52,53)/b42-30+,47-44-/t37-,40-/m0/s1. The van der Waals surface area contributed by atoms with Crippen molar-refractivity contribution in [1.82, 2.24) is 9.47 Å². The predicted octanol–water partition coefficient (Wildman–Crippen LogP) is 9.53. The van der Waals surface area contributed by atoms with Gasteiger partial charge < -0.3 is 10.0 Å². The molecule has 0 bridgehead atoms. The highest BCUT2D eigenvalue weighted by atomic mass is 32.2. The van der Waals surface area contributed by atoms with Crippen LogP contribution in [0.4, 0.5) is 11.4 Å². The zero-order valence-electron chi connectivity index (χ0n) is 32.6. The Morgan fingerprint density at radius 1 is 0.845 bits per heavy atom. The Hall–Kier alpha value is -5.03. The molecule has 1 aliphatic carbocycles. The Balaban J connectivity index is 1.09. The predicted molar refractivity (Wildman–Crippen MR) is 243 cm³/mol. The molecule has 8 rings (SSSR count). The van der Waals surface area contributed by atoms with E-state index in [1.54, 1.807) is 4.90 Å². The van der Waals surface area contributed by atoms with Crippen LogP contribution in [-0.4, -0.2) is 43.4 Å². The van der Waals surface area contributed by atoms with Gasteiger partial charge >= 0.3 is 5.97 Å². The number of thiocarbonyl (C=S) groups is 1. The first-order valence-corrected chi connectivity index (χ1v) is 22.4. The first kappa shape index (κ1) is 39.8. The summed E-state index contributed by atoms with van der Waals surface area (Å²) < 4.78 is 2.41. The van der Waals surface area contributed by atoms with Crippen molar-refractivity contribution in [3.63, 3.8) is 0 Å². The number of hydrogen-bond donors (Lipinski definition) is 1. The minimum absolute atomic E-state index is 0.253. The molecule has 3 heterocycles. The molecule has 3 aliphatic rings. The van der Waals surface area contributed by atoms with Gasteiger partial charge in [-0.05, 0) is 89.1 Å². The highest BCUT2D eigenvalue weighted by Gasteiger charge is 2.42. The number of carbonyl (C=O) groups is 2. The summed E-state index contributed by atoms with van der Waals surface area (Å²) in [4.78, 5) is 43.9. The number of nitrogens with zero attached hydrogens (tertiary/aromatic N) is 3. The second-order valence-electron chi connectivity index (χ2n) is 15.3. The lowest BCUT2D eigenvalue weighted by atomic mass is 9.95. The van der Waals surface area contributed by atoms with Crippen LogP contribution in [0.15, 0.2) is 108 Å². The molecular weight excluding hydrogens is 779 g/mol. The van der Waals surface area contributed by atoms with E-state index < -0.39 is 18.1 Å². The molecule has 58 heavy (non-hydrogen) atoms. The number of aliphatic carboxylic acids is 1. The number of anilines is 2. The number of carbonyl (C=O) groups excluding carboxylic acids is 1. The lowest BCUT2D eigenvalue weighted by Gasteiger charge is -2.27. The minimum Gasteiger partial charge on any atom is -0.480 e. The first-order chi connectivity index (χ1) is 28.3. The highest BCUT2D eigenvalue weighted by molar-refractivity contribution is 8.30. The van der Waals surface area contributed by atoms with Crippen LogP contribution in [0.2, 0.25) is 0 Å². The van der Waals surface area contributed by atoms with Gasteiger partial charge in [-0.3, -0.25) is 23.9 Å². The largest absolute Gasteiger partial charge is 0.480 e. The SMILES string of the molecule is CCCCCCCCN1C(=O)/C(=c2/s/c(=C/c3ccc4c(c3)[C@@H]3CCC[C@@H]3N4c3ccc(C=C(c4ccccc4)c4ccccc4)cc3)c(=O)n2CC(=O)O)SC1=S. The van der Waals surface area contributed by atoms with Gasteiger partial charge in [0.1, 0.15) is 20.4 Å². The van der Waals surface area contributed by atoms with Crippen LogP contribution in [0, 0.1) is 0 Å². The number of thiazole rings is 1. The van der Waals surface area contributed by atoms with Gasteiger partial charge in [-0.2, -0.15) is 0 Å². The molecule has 2 aliphatic heterocycles. The smallest absolute Gasteiger partial charge is 0.323 e. The third kappa shape index (κ3) is 8.28. The molecule has 1 amide bonds. The van der Waals surface area contributed by atoms with Gasteiger partial charge in [0.15, 0.2) is 0 Å². The maximum Gasteiger partial charge on any atom is 0.323 e. The van der Waals surface area contributed by atoms with E-state index in [1.165, 1.54) is 63.1 Å². The van der Waals surface area contributed by atoms with E-state index in [1.807, 2.05) is 24.3 Å². The summed E-state index contributed by atoms with van der Waals surface area (Å²) in [7, 11) is 0. The fourth-order valence-corrected chi connectivity index (χ4v) is 11.2. The van der Waals surface area contributed by atoms with Crippen LogP contribution in [0.25, 0.3) is 22.6 Å². The van der Waals surface area contributed by atoms with Gasteiger partial charge in [-0.15, -0.1) is 11.3 Å². The number of benzene rings is 4. The van der Waals surface area contributed by atoms with Crippen molar-refractivity contribution < 1.29 is 14.7 Å². The average molecular weight is 826 g/mol. The van der Waals surface area contributed by atoms with Crippen LogP contribution in [-0.2, 0) is 16.1 Å². The van der Waals surface area contributed by atoms with Crippen LogP contribution in [0.3, 0.4) is 0 Å². The quantitative estimate of drug-likeness (QED) is 0.0679. The van der Waals surface area contributed by atoms with Crippen molar-refractivity contribution >= 4 is 85.5 Å². The maximum atomic E-state index is 13.8. The number of thioether (sulfide) groups is 1. The molecule has 1 saturated heterocycles. The van der Waals surface area contributed by atoms with Gasteiger partial charge in [-0.25, -0.2) is 0 Å². The van der Waals surface area contributed by atoms with E-state index in [2.05, 4.69) is 103 Å². The average Bonchev–Trinajstić information content (AvgIpc) is 3.98. The summed E-state index contributed by atoms with van der Waals surface area (Å²) in [6.45, 7) is 2.18. The van der Waals surface area contributed by atoms with Gasteiger partial charge in [-0.1, -0.05) is 148 Å². The lowest BCUT2D eigenvalue weighted by molar-refractivity contribution is -0.137. The highest BCUT2D eigenvalue weighted by Crippen LogP contribution is 2.52. The van der Waals surface area contributed by atoms with Crippen molar-refractivity contribution in [2.24, 2.45) is 0 Å². The molecule has 4 aromatic carbocycles. The molecule has 0 radical (unpaired) electrons. The zero-order valence-corrected chi connectivity index (χ0v) is 35.1. The Kier molecular flexibility index (Phi) is 12.2. The van der Waals surface area contributed by atoms with Crippen LogP contribution < -0.4 is 19.7 Å². The maximum absolute atomic E-state index is 13.8. The summed E-state index contributed by atoms with van der Waals surface area (Å²) in [5.74, 6) is -1.02. The lowest BCUT2D eigenvalue weighted by Crippen LogP contribution is -2.35. The van der Waals surface area contributed by atoms with Crippen LogP contribution >= 0.6 is 35.3 Å². The summed E-state index contributed by atoms with van der Waals surface area (Å²) in [5, 5.41) is 9.78. The van der Waals surface area contributed by atoms with Crippen molar-refractivity contribution in [3.05, 3.63) is 150 Å². The molecule has 2 atom stereocenters. The molecule has 2 fully saturated rings. The van der Waals surface area contributed by atoms with Crippen LogP contribution in [0.5, 0.6) is 0 Å². The third-order valence-corrected chi connectivity index (χ3v) is 14.1. The molecule has 1 saturated carbocycles. The molecule has 10 heteroatoms. The van der Waals surface area contributed by atoms with E-state index in [9.17, 15) is 19.5 Å².